The van der Waals surface area contributed by atoms with Gasteiger partial charge < -0.3 is 5.11 Å². The predicted molar refractivity (Wildman–Crippen MR) is 116 cm³/mol. The van der Waals surface area contributed by atoms with Crippen molar-refractivity contribution in [1.29, 1.82) is 0 Å². The zero-order chi connectivity index (χ0) is 20.4. The molecule has 0 fully saturated rings. The van der Waals surface area contributed by atoms with Crippen LogP contribution in [0.3, 0.4) is 0 Å². The average Bonchev–Trinajstić information content (AvgIpc) is 2.60. The van der Waals surface area contributed by atoms with Gasteiger partial charge in [0.2, 0.25) is 0 Å². The lowest BCUT2D eigenvalue weighted by Crippen LogP contribution is -2.20. The number of aliphatic hydroxyl groups is 1. The molecule has 0 aliphatic rings. The zero-order valence-corrected chi connectivity index (χ0v) is 18.8. The average molecular weight is 407 g/mol. The summed E-state index contributed by atoms with van der Waals surface area (Å²) in [6.45, 7) is 4.30. The highest BCUT2D eigenvalue weighted by atomic mass is 32.2. The molecule has 0 aliphatic heterocycles. The van der Waals surface area contributed by atoms with Crippen molar-refractivity contribution in [1.82, 2.24) is 0 Å². The third-order valence-electron chi connectivity index (χ3n) is 5.49. The Labute approximate surface area is 169 Å². The van der Waals surface area contributed by atoms with Crippen molar-refractivity contribution < 1.29 is 18.1 Å². The van der Waals surface area contributed by atoms with Crippen LogP contribution in [0, 0.1) is 0 Å². The summed E-state index contributed by atoms with van der Waals surface area (Å²) in [5.41, 5.74) is 0. The van der Waals surface area contributed by atoms with Crippen LogP contribution in [0.15, 0.2) is 0 Å². The molecule has 2 N–H and O–H groups in total. The highest BCUT2D eigenvalue weighted by molar-refractivity contribution is 7.86. The van der Waals surface area contributed by atoms with E-state index in [1.54, 1.807) is 0 Å². The van der Waals surface area contributed by atoms with Gasteiger partial charge in [-0.1, -0.05) is 104 Å². The van der Waals surface area contributed by atoms with E-state index in [4.69, 9.17) is 0 Å². The van der Waals surface area contributed by atoms with Gasteiger partial charge >= 0.3 is 0 Å². The zero-order valence-electron chi connectivity index (χ0n) is 18.0. The molecule has 164 valence electrons. The molecule has 0 aromatic rings. The molecule has 5 heteroatoms. The SMILES string of the molecule is CCCCCCCCCCC(CCCCCCCC(O)CCC)S(=O)(=O)O. The molecule has 0 rings (SSSR count). The maximum Gasteiger partial charge on any atom is 0.267 e. The molecular weight excluding hydrogens is 360 g/mol. The van der Waals surface area contributed by atoms with Gasteiger partial charge in [-0.25, -0.2) is 0 Å². The molecule has 0 spiro atoms. The Morgan fingerprint density at radius 3 is 1.41 bits per heavy atom. The maximum absolute atomic E-state index is 11.6. The van der Waals surface area contributed by atoms with E-state index in [0.717, 1.165) is 64.2 Å². The number of rotatable bonds is 20. The van der Waals surface area contributed by atoms with Crippen LogP contribution in [-0.4, -0.2) is 29.4 Å². The minimum absolute atomic E-state index is 0.162. The molecule has 4 nitrogen and oxygen atoms in total. The smallest absolute Gasteiger partial charge is 0.267 e. The number of aliphatic hydroxyl groups excluding tert-OH is 1. The molecular formula is C22H46O4S. The summed E-state index contributed by atoms with van der Waals surface area (Å²) in [7, 11) is -3.92. The van der Waals surface area contributed by atoms with E-state index in [1.165, 1.54) is 38.5 Å². The van der Waals surface area contributed by atoms with Gasteiger partial charge in [0.1, 0.15) is 0 Å². The Morgan fingerprint density at radius 1 is 0.593 bits per heavy atom. The second-order valence-corrected chi connectivity index (χ2v) is 9.88. The van der Waals surface area contributed by atoms with Gasteiger partial charge in [0.15, 0.2) is 0 Å². The van der Waals surface area contributed by atoms with Gasteiger partial charge in [0.05, 0.1) is 11.4 Å². The van der Waals surface area contributed by atoms with E-state index >= 15 is 0 Å². The molecule has 0 saturated carbocycles. The topological polar surface area (TPSA) is 74.6 Å². The van der Waals surface area contributed by atoms with Gasteiger partial charge in [-0.05, 0) is 25.7 Å². The van der Waals surface area contributed by atoms with E-state index in [2.05, 4.69) is 13.8 Å². The monoisotopic (exact) mass is 406 g/mol. The fraction of sp³-hybridized carbons (Fsp3) is 1.00. The summed E-state index contributed by atoms with van der Waals surface area (Å²) in [5.74, 6) is 0. The Bertz CT molecular complexity index is 409. The first-order valence-corrected chi connectivity index (χ1v) is 13.1. The molecule has 0 saturated heterocycles. The largest absolute Gasteiger partial charge is 0.393 e. The quantitative estimate of drug-likeness (QED) is 0.175. The molecule has 0 bridgehead atoms. The predicted octanol–water partition coefficient (Wildman–Crippen LogP) is 6.67. The van der Waals surface area contributed by atoms with Crippen molar-refractivity contribution in [2.75, 3.05) is 0 Å². The van der Waals surface area contributed by atoms with Crippen LogP contribution in [0.5, 0.6) is 0 Å². The molecule has 0 aliphatic carbocycles. The first-order chi connectivity index (χ1) is 12.9. The Hall–Kier alpha value is -0.130. The third-order valence-corrected chi connectivity index (χ3v) is 6.80. The van der Waals surface area contributed by atoms with Crippen molar-refractivity contribution in [3.8, 4) is 0 Å². The van der Waals surface area contributed by atoms with Crippen molar-refractivity contribution in [2.45, 2.75) is 141 Å². The molecule has 0 heterocycles. The fourth-order valence-electron chi connectivity index (χ4n) is 3.71. The first kappa shape index (κ1) is 26.9. The molecule has 0 radical (unpaired) electrons. The van der Waals surface area contributed by atoms with Crippen LogP contribution in [0.2, 0.25) is 0 Å². The number of hydrogen-bond donors (Lipinski definition) is 2. The van der Waals surface area contributed by atoms with Crippen LogP contribution in [0.25, 0.3) is 0 Å². The fourth-order valence-corrected chi connectivity index (χ4v) is 4.64. The highest BCUT2D eigenvalue weighted by Crippen LogP contribution is 2.19. The van der Waals surface area contributed by atoms with Crippen LogP contribution in [0.1, 0.15) is 129 Å². The van der Waals surface area contributed by atoms with E-state index < -0.39 is 15.4 Å². The van der Waals surface area contributed by atoms with Crippen molar-refractivity contribution in [3.63, 3.8) is 0 Å². The van der Waals surface area contributed by atoms with Gasteiger partial charge in [0, 0.05) is 0 Å². The summed E-state index contributed by atoms with van der Waals surface area (Å²) in [6, 6.07) is 0. The number of hydrogen-bond acceptors (Lipinski definition) is 3. The van der Waals surface area contributed by atoms with E-state index in [9.17, 15) is 18.1 Å². The maximum atomic E-state index is 11.6. The minimum atomic E-state index is -3.92. The van der Waals surface area contributed by atoms with Crippen molar-refractivity contribution in [3.05, 3.63) is 0 Å². The lowest BCUT2D eigenvalue weighted by Gasteiger charge is -2.14. The highest BCUT2D eigenvalue weighted by Gasteiger charge is 2.21. The second-order valence-electron chi connectivity index (χ2n) is 8.19. The summed E-state index contributed by atoms with van der Waals surface area (Å²) in [4.78, 5) is 0. The Kier molecular flexibility index (Phi) is 17.8. The summed E-state index contributed by atoms with van der Waals surface area (Å²) >= 11 is 0. The number of unbranched alkanes of at least 4 members (excludes halogenated alkanes) is 11. The Balaban J connectivity index is 3.74. The van der Waals surface area contributed by atoms with Crippen LogP contribution in [0.4, 0.5) is 0 Å². The molecule has 27 heavy (non-hydrogen) atoms. The van der Waals surface area contributed by atoms with Crippen molar-refractivity contribution >= 4 is 10.1 Å². The lowest BCUT2D eigenvalue weighted by atomic mass is 10.0. The molecule has 0 aromatic heterocycles. The van der Waals surface area contributed by atoms with Gasteiger partial charge in [-0.2, -0.15) is 8.42 Å². The first-order valence-electron chi connectivity index (χ1n) is 11.6. The third kappa shape index (κ3) is 17.7. The van der Waals surface area contributed by atoms with E-state index in [-0.39, 0.29) is 6.10 Å². The molecule has 0 amide bonds. The summed E-state index contributed by atoms with van der Waals surface area (Å²) in [6.07, 6.45) is 18.4. The Morgan fingerprint density at radius 2 is 1.00 bits per heavy atom. The van der Waals surface area contributed by atoms with Gasteiger partial charge in [-0.3, -0.25) is 4.55 Å². The summed E-state index contributed by atoms with van der Waals surface area (Å²) in [5, 5.41) is 9.11. The molecule has 2 atom stereocenters. The van der Waals surface area contributed by atoms with Crippen LogP contribution >= 0.6 is 0 Å². The minimum Gasteiger partial charge on any atom is -0.393 e. The molecule has 2 unspecified atom stereocenters. The normalized spacial score (nSPS) is 14.4. The summed E-state index contributed by atoms with van der Waals surface area (Å²) < 4.78 is 32.7. The van der Waals surface area contributed by atoms with E-state index in [0.29, 0.717) is 12.8 Å². The van der Waals surface area contributed by atoms with Gasteiger partial charge in [-0.15, -0.1) is 0 Å². The van der Waals surface area contributed by atoms with Crippen LogP contribution < -0.4 is 0 Å². The van der Waals surface area contributed by atoms with Gasteiger partial charge in [0.25, 0.3) is 10.1 Å². The molecule has 0 aromatic carbocycles. The second kappa shape index (κ2) is 17.9. The van der Waals surface area contributed by atoms with E-state index in [1.807, 2.05) is 0 Å². The lowest BCUT2D eigenvalue weighted by molar-refractivity contribution is 0.150. The van der Waals surface area contributed by atoms with Crippen molar-refractivity contribution in [2.24, 2.45) is 0 Å². The standard InChI is InChI=1S/C22H46O4S/c1-3-5-6-7-8-9-12-15-19-22(27(24,25)26)20-16-13-10-11-14-18-21(23)17-4-2/h21-23H,3-20H2,1-2H3,(H,24,25,26). The van der Waals surface area contributed by atoms with Crippen LogP contribution in [-0.2, 0) is 10.1 Å².